The molecular weight excluding hydrogens is 332 g/mol. The van der Waals surface area contributed by atoms with E-state index in [0.717, 1.165) is 33.4 Å². The Kier molecular flexibility index (Phi) is 4.73. The minimum atomic E-state index is 0.329. The molecule has 0 N–H and O–H groups in total. The Morgan fingerprint density at radius 2 is 1.52 bits per heavy atom. The van der Waals surface area contributed by atoms with E-state index in [4.69, 9.17) is 5.53 Å². The maximum Gasteiger partial charge on any atom is 0.0613 e. The van der Waals surface area contributed by atoms with Crippen LogP contribution in [0.3, 0.4) is 0 Å². The van der Waals surface area contributed by atoms with Crippen LogP contribution in [-0.4, -0.2) is 11.1 Å². The van der Waals surface area contributed by atoms with Gasteiger partial charge in [-0.2, -0.15) is 0 Å². The van der Waals surface area contributed by atoms with Crippen molar-refractivity contribution in [2.24, 2.45) is 5.11 Å². The van der Waals surface area contributed by atoms with Gasteiger partial charge in [-0.3, -0.25) is 0 Å². The molecule has 27 heavy (non-hydrogen) atoms. The third-order valence-corrected chi connectivity index (χ3v) is 4.51. The number of hydrogen-bond acceptors (Lipinski definition) is 1. The van der Waals surface area contributed by atoms with E-state index >= 15 is 0 Å². The van der Waals surface area contributed by atoms with E-state index in [9.17, 15) is 0 Å². The predicted octanol–water partition coefficient (Wildman–Crippen LogP) is 6.62. The Morgan fingerprint density at radius 1 is 0.852 bits per heavy atom. The van der Waals surface area contributed by atoms with Gasteiger partial charge in [-0.15, -0.1) is 0 Å². The highest BCUT2D eigenvalue weighted by atomic mass is 15.1. The lowest BCUT2D eigenvalue weighted by Crippen LogP contribution is -1.97. The number of aromatic nitrogens is 1. The number of benzene rings is 3. The first-order valence-corrected chi connectivity index (χ1v) is 8.82. The van der Waals surface area contributed by atoms with Crippen LogP contribution in [0.5, 0.6) is 0 Å². The smallest absolute Gasteiger partial charge is 0.0613 e. The van der Waals surface area contributed by atoms with Crippen LogP contribution in [0.2, 0.25) is 0 Å². The fourth-order valence-electron chi connectivity index (χ4n) is 3.41. The van der Waals surface area contributed by atoms with E-state index in [1.165, 1.54) is 0 Å². The van der Waals surface area contributed by atoms with Gasteiger partial charge in [0.2, 0.25) is 0 Å². The average Bonchev–Trinajstić information content (AvgIpc) is 3.07. The highest BCUT2D eigenvalue weighted by Gasteiger charge is 2.17. The lowest BCUT2D eigenvalue weighted by Gasteiger charge is -2.12. The topological polar surface area (TPSA) is 53.7 Å². The van der Waals surface area contributed by atoms with E-state index in [1.54, 1.807) is 0 Å². The number of rotatable bonds is 5. The van der Waals surface area contributed by atoms with E-state index in [1.807, 2.05) is 18.2 Å². The van der Waals surface area contributed by atoms with Crippen molar-refractivity contribution in [3.8, 4) is 16.9 Å². The Hall–Kier alpha value is -3.75. The lowest BCUT2D eigenvalue weighted by molar-refractivity contribution is 1.13. The molecule has 0 bridgehead atoms. The Labute approximate surface area is 157 Å². The Morgan fingerprint density at radius 3 is 2.26 bits per heavy atom. The van der Waals surface area contributed by atoms with Crippen LogP contribution >= 0.6 is 0 Å². The molecule has 4 heteroatoms. The van der Waals surface area contributed by atoms with Gasteiger partial charge in [-0.05, 0) is 29.3 Å². The first kappa shape index (κ1) is 16.7. The van der Waals surface area contributed by atoms with E-state index in [0.29, 0.717) is 6.54 Å². The van der Waals surface area contributed by atoms with Crippen LogP contribution in [0.25, 0.3) is 44.4 Å². The normalized spacial score (nSPS) is 11.0. The third kappa shape index (κ3) is 3.22. The molecule has 0 saturated heterocycles. The zero-order valence-electron chi connectivity index (χ0n) is 14.7. The van der Waals surface area contributed by atoms with Gasteiger partial charge in [-0.1, -0.05) is 84.0 Å². The molecule has 0 unspecified atom stereocenters. The van der Waals surface area contributed by atoms with Crippen molar-refractivity contribution < 1.29 is 0 Å². The van der Waals surface area contributed by atoms with Crippen LogP contribution in [0.1, 0.15) is 5.56 Å². The molecule has 0 aliphatic carbocycles. The fraction of sp³-hybridized carbons (Fsp3) is 0.0435. The second-order valence-electron chi connectivity index (χ2n) is 6.13. The molecule has 4 nitrogen and oxygen atoms in total. The van der Waals surface area contributed by atoms with Crippen molar-refractivity contribution in [1.29, 1.82) is 0 Å². The zero-order chi connectivity index (χ0) is 18.5. The van der Waals surface area contributed by atoms with Gasteiger partial charge in [0, 0.05) is 28.1 Å². The molecule has 1 aromatic heterocycles. The number of para-hydroxylation sites is 2. The van der Waals surface area contributed by atoms with Gasteiger partial charge in [0.15, 0.2) is 0 Å². The minimum absolute atomic E-state index is 0.329. The minimum Gasteiger partial charge on any atom is -0.309 e. The van der Waals surface area contributed by atoms with Gasteiger partial charge in [-0.25, -0.2) is 0 Å². The van der Waals surface area contributed by atoms with Crippen LogP contribution in [0.15, 0.2) is 96.1 Å². The van der Waals surface area contributed by atoms with Gasteiger partial charge < -0.3 is 4.57 Å². The second-order valence-corrected chi connectivity index (χ2v) is 6.13. The summed E-state index contributed by atoms with van der Waals surface area (Å²) in [7, 11) is 0. The summed E-state index contributed by atoms with van der Waals surface area (Å²) in [6.45, 7) is 0.329. The van der Waals surface area contributed by atoms with Gasteiger partial charge in [0.05, 0.1) is 11.2 Å². The fourth-order valence-corrected chi connectivity index (χ4v) is 3.41. The van der Waals surface area contributed by atoms with Gasteiger partial charge in [0.25, 0.3) is 0 Å². The van der Waals surface area contributed by atoms with E-state index in [-0.39, 0.29) is 0 Å². The van der Waals surface area contributed by atoms with Gasteiger partial charge >= 0.3 is 0 Å². The number of fused-ring (bicyclic) bond motifs is 1. The highest BCUT2D eigenvalue weighted by Crippen LogP contribution is 2.37. The third-order valence-electron chi connectivity index (χ3n) is 4.51. The van der Waals surface area contributed by atoms with Crippen molar-refractivity contribution in [1.82, 2.24) is 4.57 Å². The first-order chi connectivity index (χ1) is 13.4. The average molecular weight is 350 g/mol. The van der Waals surface area contributed by atoms with Crippen molar-refractivity contribution in [2.45, 2.75) is 0 Å². The maximum absolute atomic E-state index is 8.54. The number of nitrogens with zero attached hydrogens (tertiary/aromatic N) is 4. The number of hydrogen-bond donors (Lipinski definition) is 0. The summed E-state index contributed by atoms with van der Waals surface area (Å²) >= 11 is 0. The summed E-state index contributed by atoms with van der Waals surface area (Å²) in [5.41, 5.74) is 14.2. The zero-order valence-corrected chi connectivity index (χ0v) is 14.7. The Balaban J connectivity index is 2.06. The van der Waals surface area contributed by atoms with Crippen LogP contribution in [0, 0.1) is 0 Å². The molecule has 1 heterocycles. The first-order valence-electron chi connectivity index (χ1n) is 8.82. The molecule has 4 rings (SSSR count). The van der Waals surface area contributed by atoms with Crippen LogP contribution in [-0.2, 0) is 0 Å². The SMILES string of the molecule is [N-]=[N+]=NCC=Cc1c(-c2ccccc2)n(-c2ccccc2)c2ccccc12. The molecule has 0 radical (unpaired) electrons. The van der Waals surface area contributed by atoms with Crippen molar-refractivity contribution in [3.05, 3.63) is 107 Å². The molecule has 0 saturated carbocycles. The molecule has 0 fully saturated rings. The maximum atomic E-state index is 8.54. The summed E-state index contributed by atoms with van der Waals surface area (Å²) in [5, 5.41) is 4.79. The van der Waals surface area contributed by atoms with Crippen molar-refractivity contribution >= 4 is 17.0 Å². The molecular formula is C23H18N4. The largest absolute Gasteiger partial charge is 0.309 e. The van der Waals surface area contributed by atoms with Crippen LogP contribution < -0.4 is 0 Å². The van der Waals surface area contributed by atoms with Crippen molar-refractivity contribution in [3.63, 3.8) is 0 Å². The Bertz CT molecular complexity index is 1140. The molecule has 0 spiro atoms. The molecule has 4 aromatic rings. The van der Waals surface area contributed by atoms with E-state index in [2.05, 4.69) is 93.5 Å². The quantitative estimate of drug-likeness (QED) is 0.221. The summed E-state index contributed by atoms with van der Waals surface area (Å²) in [6.07, 6.45) is 3.96. The summed E-state index contributed by atoms with van der Waals surface area (Å²) in [4.78, 5) is 2.83. The molecule has 0 aliphatic heterocycles. The van der Waals surface area contributed by atoms with Crippen molar-refractivity contribution in [2.75, 3.05) is 6.54 Å². The molecule has 130 valence electrons. The van der Waals surface area contributed by atoms with Crippen LogP contribution in [0.4, 0.5) is 0 Å². The summed E-state index contributed by atoms with van der Waals surface area (Å²) in [6, 6.07) is 29.1. The highest BCUT2D eigenvalue weighted by molar-refractivity contribution is 5.99. The molecule has 0 atom stereocenters. The predicted molar refractivity (Wildman–Crippen MR) is 112 cm³/mol. The monoisotopic (exact) mass is 350 g/mol. The number of azide groups is 1. The molecule has 0 amide bonds. The lowest BCUT2D eigenvalue weighted by atomic mass is 10.0. The second kappa shape index (κ2) is 7.65. The standard InChI is InChI=1S/C23H18N4/c24-26-25-17-9-15-21-20-14-7-8-16-22(20)27(19-12-5-2-6-13-19)23(21)18-10-3-1-4-11-18/h1-16H,17H2. The molecule has 3 aromatic carbocycles. The van der Waals surface area contributed by atoms with E-state index < -0.39 is 0 Å². The summed E-state index contributed by atoms with van der Waals surface area (Å²) < 4.78 is 2.29. The van der Waals surface area contributed by atoms with Gasteiger partial charge in [0.1, 0.15) is 0 Å². The molecule has 0 aliphatic rings. The summed E-state index contributed by atoms with van der Waals surface area (Å²) in [5.74, 6) is 0.